The second kappa shape index (κ2) is 4.34. The van der Waals surface area contributed by atoms with Crippen LogP contribution in [0.2, 0.25) is 0 Å². The molecule has 0 fully saturated rings. The minimum absolute atomic E-state index is 0.232. The number of nitrogens with two attached hydrogens (primary N) is 1. The zero-order valence-electron chi connectivity index (χ0n) is 9.68. The molecule has 0 saturated carbocycles. The molecule has 0 radical (unpaired) electrons. The SMILES string of the molecule is COc1c(C)c(C)cc(C)c1CC(N)=O. The van der Waals surface area contributed by atoms with Gasteiger partial charge in [-0.1, -0.05) is 6.07 Å². The zero-order valence-corrected chi connectivity index (χ0v) is 9.68. The summed E-state index contributed by atoms with van der Waals surface area (Å²) in [7, 11) is 1.62. The van der Waals surface area contributed by atoms with Gasteiger partial charge in [-0.3, -0.25) is 4.79 Å². The van der Waals surface area contributed by atoms with Crippen molar-refractivity contribution in [2.24, 2.45) is 5.73 Å². The first-order valence-corrected chi connectivity index (χ1v) is 4.89. The molecule has 82 valence electrons. The predicted molar refractivity (Wildman–Crippen MR) is 60.1 cm³/mol. The van der Waals surface area contributed by atoms with Crippen LogP contribution in [0.3, 0.4) is 0 Å². The second-order valence-corrected chi connectivity index (χ2v) is 3.79. The summed E-state index contributed by atoms with van der Waals surface area (Å²) in [6.45, 7) is 5.98. The van der Waals surface area contributed by atoms with E-state index in [2.05, 4.69) is 6.07 Å². The summed E-state index contributed by atoms with van der Waals surface area (Å²) in [6.07, 6.45) is 0.232. The Kier molecular flexibility index (Phi) is 3.35. The Balaban J connectivity index is 3.35. The topological polar surface area (TPSA) is 52.3 Å². The fraction of sp³-hybridized carbons (Fsp3) is 0.417. The van der Waals surface area contributed by atoms with Crippen LogP contribution in [-0.4, -0.2) is 13.0 Å². The Morgan fingerprint density at radius 1 is 1.33 bits per heavy atom. The number of benzene rings is 1. The summed E-state index contributed by atoms with van der Waals surface area (Å²) in [5, 5.41) is 0. The predicted octanol–water partition coefficient (Wildman–Crippen LogP) is 1.65. The Morgan fingerprint density at radius 2 is 1.93 bits per heavy atom. The average Bonchev–Trinajstić information content (AvgIpc) is 2.14. The number of carbonyl (C=O) groups excluding carboxylic acids is 1. The molecule has 1 rings (SSSR count). The number of methoxy groups -OCH3 is 1. The quantitative estimate of drug-likeness (QED) is 0.819. The number of ether oxygens (including phenoxy) is 1. The average molecular weight is 207 g/mol. The molecule has 0 saturated heterocycles. The molecule has 0 heterocycles. The lowest BCUT2D eigenvalue weighted by Gasteiger charge is -2.15. The van der Waals surface area contributed by atoms with Gasteiger partial charge in [0.05, 0.1) is 13.5 Å². The Morgan fingerprint density at radius 3 is 2.40 bits per heavy atom. The van der Waals surface area contributed by atoms with Gasteiger partial charge in [-0.25, -0.2) is 0 Å². The summed E-state index contributed by atoms with van der Waals surface area (Å²) < 4.78 is 5.33. The van der Waals surface area contributed by atoms with Crippen LogP contribution in [0.5, 0.6) is 5.75 Å². The number of aryl methyl sites for hydroxylation is 2. The van der Waals surface area contributed by atoms with E-state index in [0.717, 1.165) is 28.0 Å². The number of rotatable bonds is 3. The van der Waals surface area contributed by atoms with Crippen molar-refractivity contribution in [1.29, 1.82) is 0 Å². The zero-order chi connectivity index (χ0) is 11.6. The molecule has 0 bridgehead atoms. The second-order valence-electron chi connectivity index (χ2n) is 3.79. The molecule has 0 aliphatic carbocycles. The lowest BCUT2D eigenvalue weighted by atomic mass is 9.97. The highest BCUT2D eigenvalue weighted by molar-refractivity contribution is 5.78. The van der Waals surface area contributed by atoms with Gasteiger partial charge in [-0.2, -0.15) is 0 Å². The molecule has 0 atom stereocenters. The molecule has 1 aromatic carbocycles. The van der Waals surface area contributed by atoms with Crippen molar-refractivity contribution in [2.45, 2.75) is 27.2 Å². The van der Waals surface area contributed by atoms with Crippen LogP contribution in [0.15, 0.2) is 6.07 Å². The third-order valence-electron chi connectivity index (χ3n) is 2.67. The van der Waals surface area contributed by atoms with E-state index in [1.807, 2.05) is 20.8 Å². The van der Waals surface area contributed by atoms with E-state index in [4.69, 9.17) is 10.5 Å². The molecule has 0 aliphatic heterocycles. The van der Waals surface area contributed by atoms with Crippen LogP contribution in [0.1, 0.15) is 22.3 Å². The third-order valence-corrected chi connectivity index (χ3v) is 2.67. The molecular formula is C12H17NO2. The van der Waals surface area contributed by atoms with Crippen LogP contribution < -0.4 is 10.5 Å². The Labute approximate surface area is 90.2 Å². The lowest BCUT2D eigenvalue weighted by Crippen LogP contribution is -2.15. The van der Waals surface area contributed by atoms with Crippen LogP contribution in [0.25, 0.3) is 0 Å². The summed E-state index contributed by atoms with van der Waals surface area (Å²) in [6, 6.07) is 2.05. The first kappa shape index (κ1) is 11.6. The van der Waals surface area contributed by atoms with E-state index in [-0.39, 0.29) is 12.3 Å². The molecule has 0 aliphatic rings. The number of hydrogen-bond acceptors (Lipinski definition) is 2. The van der Waals surface area contributed by atoms with Gasteiger partial charge in [0, 0.05) is 5.56 Å². The van der Waals surface area contributed by atoms with Gasteiger partial charge in [0.2, 0.25) is 5.91 Å². The summed E-state index contributed by atoms with van der Waals surface area (Å²) in [4.78, 5) is 11.0. The van der Waals surface area contributed by atoms with Crippen molar-refractivity contribution in [3.8, 4) is 5.75 Å². The van der Waals surface area contributed by atoms with Gasteiger partial charge in [0.1, 0.15) is 5.75 Å². The normalized spacial score (nSPS) is 10.1. The first-order chi connectivity index (χ1) is 6.97. The van der Waals surface area contributed by atoms with Gasteiger partial charge in [0.25, 0.3) is 0 Å². The molecule has 3 nitrogen and oxygen atoms in total. The molecule has 3 heteroatoms. The number of amides is 1. The lowest BCUT2D eigenvalue weighted by molar-refractivity contribution is -0.117. The summed E-state index contributed by atoms with van der Waals surface area (Å²) >= 11 is 0. The Bertz CT molecular complexity index is 397. The van der Waals surface area contributed by atoms with Gasteiger partial charge in [-0.15, -0.1) is 0 Å². The molecule has 1 amide bonds. The first-order valence-electron chi connectivity index (χ1n) is 4.89. The number of carbonyl (C=O) groups is 1. The maximum absolute atomic E-state index is 11.0. The molecular weight excluding hydrogens is 190 g/mol. The van der Waals surface area contributed by atoms with Crippen LogP contribution >= 0.6 is 0 Å². The largest absolute Gasteiger partial charge is 0.496 e. The van der Waals surface area contributed by atoms with E-state index >= 15 is 0 Å². The third kappa shape index (κ3) is 2.29. The van der Waals surface area contributed by atoms with E-state index in [1.165, 1.54) is 0 Å². The van der Waals surface area contributed by atoms with Crippen molar-refractivity contribution in [3.05, 3.63) is 28.3 Å². The minimum Gasteiger partial charge on any atom is -0.496 e. The molecule has 0 aromatic heterocycles. The molecule has 0 spiro atoms. The highest BCUT2D eigenvalue weighted by Crippen LogP contribution is 2.29. The van der Waals surface area contributed by atoms with E-state index in [1.54, 1.807) is 7.11 Å². The highest BCUT2D eigenvalue weighted by Gasteiger charge is 2.13. The molecule has 2 N–H and O–H groups in total. The fourth-order valence-electron chi connectivity index (χ4n) is 1.77. The van der Waals surface area contributed by atoms with Crippen molar-refractivity contribution >= 4 is 5.91 Å². The van der Waals surface area contributed by atoms with Gasteiger partial charge < -0.3 is 10.5 Å². The van der Waals surface area contributed by atoms with E-state index < -0.39 is 0 Å². The van der Waals surface area contributed by atoms with E-state index in [9.17, 15) is 4.79 Å². The minimum atomic E-state index is -0.334. The van der Waals surface area contributed by atoms with Crippen molar-refractivity contribution in [2.75, 3.05) is 7.11 Å². The molecule has 1 aromatic rings. The maximum atomic E-state index is 11.0. The smallest absolute Gasteiger partial charge is 0.221 e. The summed E-state index contributed by atoms with van der Waals surface area (Å²) in [5.41, 5.74) is 9.39. The highest BCUT2D eigenvalue weighted by atomic mass is 16.5. The number of hydrogen-bond donors (Lipinski definition) is 1. The monoisotopic (exact) mass is 207 g/mol. The number of primary amides is 1. The molecule has 15 heavy (non-hydrogen) atoms. The van der Waals surface area contributed by atoms with Crippen molar-refractivity contribution in [1.82, 2.24) is 0 Å². The van der Waals surface area contributed by atoms with Gasteiger partial charge >= 0.3 is 0 Å². The van der Waals surface area contributed by atoms with Crippen LogP contribution in [0, 0.1) is 20.8 Å². The summed E-state index contributed by atoms with van der Waals surface area (Å²) in [5.74, 6) is 0.450. The van der Waals surface area contributed by atoms with E-state index in [0.29, 0.717) is 0 Å². The Hall–Kier alpha value is -1.51. The van der Waals surface area contributed by atoms with Crippen LogP contribution in [0.4, 0.5) is 0 Å². The molecule has 0 unspecified atom stereocenters. The standard InChI is InChI=1S/C12H17NO2/c1-7-5-8(2)10(6-11(13)14)12(15-4)9(7)3/h5H,6H2,1-4H3,(H2,13,14). The van der Waals surface area contributed by atoms with Crippen molar-refractivity contribution in [3.63, 3.8) is 0 Å². The van der Waals surface area contributed by atoms with Crippen LogP contribution in [-0.2, 0) is 11.2 Å². The van der Waals surface area contributed by atoms with Crippen molar-refractivity contribution < 1.29 is 9.53 Å². The van der Waals surface area contributed by atoms with Gasteiger partial charge in [0.15, 0.2) is 0 Å². The fourth-order valence-corrected chi connectivity index (χ4v) is 1.77. The van der Waals surface area contributed by atoms with Gasteiger partial charge in [-0.05, 0) is 37.5 Å². The maximum Gasteiger partial charge on any atom is 0.221 e.